The number of hydrogen-bond acceptors (Lipinski definition) is 9. The number of hydrogen-bond donors (Lipinski definition) is 0. The lowest BCUT2D eigenvalue weighted by Crippen LogP contribution is -2.30. The second-order valence-electron chi connectivity index (χ2n) is 10.5. The molecule has 3 aromatic carbocycles. The van der Waals surface area contributed by atoms with Gasteiger partial charge in [0.25, 0.3) is 0 Å². The van der Waals surface area contributed by atoms with Crippen molar-refractivity contribution in [3.8, 4) is 39.6 Å². The monoisotopic (exact) mass is 675 g/mol. The molecule has 12 heteroatoms. The van der Waals surface area contributed by atoms with Gasteiger partial charge in [0.2, 0.25) is 15.2 Å². The molecule has 0 spiro atoms. The van der Waals surface area contributed by atoms with E-state index in [2.05, 4.69) is 32.7 Å². The topological polar surface area (TPSA) is 107 Å². The van der Waals surface area contributed by atoms with Gasteiger partial charge in [-0.25, -0.2) is 18.4 Å². The predicted octanol–water partition coefficient (Wildman–Crippen LogP) is 7.85. The van der Waals surface area contributed by atoms with Crippen LogP contribution in [-0.4, -0.2) is 55.5 Å². The highest BCUT2D eigenvalue weighted by Gasteiger charge is 2.25. The summed E-state index contributed by atoms with van der Waals surface area (Å²) in [7, 11) is -3.68. The van der Waals surface area contributed by atoms with Gasteiger partial charge < -0.3 is 0 Å². The van der Waals surface area contributed by atoms with E-state index in [9.17, 15) is 8.42 Å². The molecule has 4 aromatic heterocycles. The minimum atomic E-state index is -3.68. The molecule has 4 heterocycles. The average Bonchev–Trinajstić information content (AvgIpc) is 3.75. The fourth-order valence-electron chi connectivity index (χ4n) is 5.37. The molecule has 0 aliphatic carbocycles. The minimum absolute atomic E-state index is 0.208. The minimum Gasteiger partial charge on any atom is -0.270 e. The molecule has 0 atom stereocenters. The van der Waals surface area contributed by atoms with Gasteiger partial charge in [0.1, 0.15) is 9.86 Å². The lowest BCUT2D eigenvalue weighted by Gasteiger charge is -2.19. The first-order valence-electron chi connectivity index (χ1n) is 15.0. The van der Waals surface area contributed by atoms with Crippen molar-refractivity contribution in [2.75, 3.05) is 13.1 Å². The van der Waals surface area contributed by atoms with Crippen LogP contribution >= 0.6 is 23.1 Å². The highest BCUT2D eigenvalue weighted by atomic mass is 32.2. The standard InChI is InChI=1S/C35H29N7O2S3/c1-3-41(4-2)47(43,44)28-19-11-15-25(21-28)32-39-40-35(42(32)27-17-9-6-10-18-27)46-34-30-29(24-13-7-5-8-14-24)23-45-33(30)37-31(38-34)26-16-12-20-36-22-26/h5-23H,3-4H2,1-2H3. The van der Waals surface area contributed by atoms with Crippen molar-refractivity contribution in [2.45, 2.75) is 28.9 Å². The van der Waals surface area contributed by atoms with Crippen molar-refractivity contribution in [3.05, 3.63) is 115 Å². The van der Waals surface area contributed by atoms with Crippen LogP contribution in [0, 0.1) is 0 Å². The molecule has 0 fully saturated rings. The zero-order valence-electron chi connectivity index (χ0n) is 25.6. The Balaban J connectivity index is 1.41. The van der Waals surface area contributed by atoms with Crippen LogP contribution in [0.4, 0.5) is 0 Å². The summed E-state index contributed by atoms with van der Waals surface area (Å²) in [5, 5.41) is 13.6. The van der Waals surface area contributed by atoms with E-state index in [-0.39, 0.29) is 4.90 Å². The molecule has 0 unspecified atom stereocenters. The molecule has 7 rings (SSSR count). The highest BCUT2D eigenvalue weighted by Crippen LogP contribution is 2.42. The van der Waals surface area contributed by atoms with E-state index in [4.69, 9.17) is 9.97 Å². The van der Waals surface area contributed by atoms with E-state index in [0.29, 0.717) is 35.5 Å². The number of aromatic nitrogens is 6. The van der Waals surface area contributed by atoms with Gasteiger partial charge >= 0.3 is 0 Å². The molecular weight excluding hydrogens is 647 g/mol. The van der Waals surface area contributed by atoms with Crippen LogP contribution in [0.1, 0.15) is 13.8 Å². The van der Waals surface area contributed by atoms with Crippen molar-refractivity contribution in [1.82, 2.24) is 34.0 Å². The Kier molecular flexibility index (Phi) is 8.65. The van der Waals surface area contributed by atoms with E-state index in [1.54, 1.807) is 41.9 Å². The predicted molar refractivity (Wildman–Crippen MR) is 187 cm³/mol. The van der Waals surface area contributed by atoms with Gasteiger partial charge in [-0.2, -0.15) is 4.31 Å². The molecule has 47 heavy (non-hydrogen) atoms. The van der Waals surface area contributed by atoms with Gasteiger partial charge in [0.15, 0.2) is 11.6 Å². The highest BCUT2D eigenvalue weighted by molar-refractivity contribution is 7.99. The summed E-state index contributed by atoms with van der Waals surface area (Å²) < 4.78 is 30.3. The molecule has 0 aliphatic rings. The third-order valence-corrected chi connectivity index (χ3v) is 11.5. The van der Waals surface area contributed by atoms with Crippen molar-refractivity contribution < 1.29 is 8.42 Å². The lowest BCUT2D eigenvalue weighted by atomic mass is 10.1. The van der Waals surface area contributed by atoms with Crippen LogP contribution in [0.3, 0.4) is 0 Å². The molecule has 0 aliphatic heterocycles. The van der Waals surface area contributed by atoms with Crippen molar-refractivity contribution in [3.63, 3.8) is 0 Å². The van der Waals surface area contributed by atoms with Gasteiger partial charge in [0.05, 0.1) is 10.3 Å². The van der Waals surface area contributed by atoms with Crippen LogP contribution in [0.5, 0.6) is 0 Å². The fourth-order valence-corrected chi connectivity index (χ4v) is 8.86. The third kappa shape index (κ3) is 5.96. The zero-order chi connectivity index (χ0) is 32.4. The Labute approximate surface area is 281 Å². The molecular formula is C35H29N7O2S3. The first kappa shape index (κ1) is 30.9. The number of para-hydroxylation sites is 1. The Morgan fingerprint density at radius 2 is 1.53 bits per heavy atom. The molecule has 0 bridgehead atoms. The maximum Gasteiger partial charge on any atom is 0.243 e. The van der Waals surface area contributed by atoms with E-state index in [1.165, 1.54) is 16.1 Å². The Hall–Kier alpha value is -4.75. The number of thiophene rings is 1. The van der Waals surface area contributed by atoms with E-state index in [0.717, 1.165) is 37.6 Å². The molecule has 9 nitrogen and oxygen atoms in total. The van der Waals surface area contributed by atoms with Gasteiger partial charge in [-0.3, -0.25) is 9.55 Å². The second kappa shape index (κ2) is 13.2. The van der Waals surface area contributed by atoms with Crippen molar-refractivity contribution in [1.29, 1.82) is 0 Å². The van der Waals surface area contributed by atoms with Gasteiger partial charge in [-0.15, -0.1) is 21.5 Å². The first-order chi connectivity index (χ1) is 23.0. The summed E-state index contributed by atoms with van der Waals surface area (Å²) in [6.07, 6.45) is 3.48. The molecule has 7 aromatic rings. The summed E-state index contributed by atoms with van der Waals surface area (Å²) in [5.41, 5.74) is 4.37. The molecule has 0 N–H and O–H groups in total. The fraction of sp³-hybridized carbons (Fsp3) is 0.114. The maximum absolute atomic E-state index is 13.4. The van der Waals surface area contributed by atoms with Crippen LogP contribution in [0.2, 0.25) is 0 Å². The summed E-state index contributed by atoms with van der Waals surface area (Å²) in [6, 6.07) is 30.7. The van der Waals surface area contributed by atoms with E-state index < -0.39 is 10.0 Å². The number of rotatable bonds is 10. The average molecular weight is 676 g/mol. The summed E-state index contributed by atoms with van der Waals surface area (Å²) in [6.45, 7) is 4.43. The number of sulfonamides is 1. The third-order valence-electron chi connectivity index (χ3n) is 7.68. The lowest BCUT2D eigenvalue weighted by molar-refractivity contribution is 0.445. The van der Waals surface area contributed by atoms with Gasteiger partial charge in [-0.1, -0.05) is 74.5 Å². The molecule has 0 amide bonds. The second-order valence-corrected chi connectivity index (χ2v) is 14.2. The SMILES string of the molecule is CCN(CC)S(=O)(=O)c1cccc(-c2nnc(Sc3nc(-c4cccnc4)nc4scc(-c5ccccc5)c34)n2-c2ccccc2)c1. The van der Waals surface area contributed by atoms with Crippen molar-refractivity contribution >= 4 is 43.3 Å². The Morgan fingerprint density at radius 3 is 2.26 bits per heavy atom. The first-order valence-corrected chi connectivity index (χ1v) is 18.2. The molecule has 234 valence electrons. The normalized spacial score (nSPS) is 11.8. The number of benzene rings is 3. The summed E-state index contributed by atoms with van der Waals surface area (Å²) >= 11 is 2.96. The Bertz CT molecular complexity index is 2270. The molecule has 0 saturated heterocycles. The van der Waals surface area contributed by atoms with Crippen LogP contribution < -0.4 is 0 Å². The van der Waals surface area contributed by atoms with Crippen LogP contribution in [0.25, 0.3) is 49.8 Å². The van der Waals surface area contributed by atoms with Crippen LogP contribution in [0.15, 0.2) is 130 Å². The quantitative estimate of drug-likeness (QED) is 0.135. The Morgan fingerprint density at radius 1 is 0.809 bits per heavy atom. The summed E-state index contributed by atoms with van der Waals surface area (Å²) in [5.74, 6) is 1.08. The largest absolute Gasteiger partial charge is 0.270 e. The van der Waals surface area contributed by atoms with Gasteiger partial charge in [0, 0.05) is 53.2 Å². The number of fused-ring (bicyclic) bond motifs is 1. The van der Waals surface area contributed by atoms with E-state index in [1.807, 2.05) is 85.1 Å². The maximum atomic E-state index is 13.4. The number of pyridine rings is 1. The number of nitrogens with zero attached hydrogens (tertiary/aromatic N) is 7. The molecule has 0 radical (unpaired) electrons. The zero-order valence-corrected chi connectivity index (χ0v) is 28.0. The smallest absolute Gasteiger partial charge is 0.243 e. The van der Waals surface area contributed by atoms with E-state index >= 15 is 0 Å². The summed E-state index contributed by atoms with van der Waals surface area (Å²) in [4.78, 5) is 15.4. The van der Waals surface area contributed by atoms with Crippen molar-refractivity contribution in [2.24, 2.45) is 0 Å². The van der Waals surface area contributed by atoms with Crippen LogP contribution in [-0.2, 0) is 10.0 Å². The molecule has 0 saturated carbocycles. The van der Waals surface area contributed by atoms with Gasteiger partial charge in [-0.05, 0) is 53.7 Å².